The van der Waals surface area contributed by atoms with E-state index in [1.807, 2.05) is 13.0 Å². The Kier molecular flexibility index (Phi) is 3.06. The molecule has 0 unspecified atom stereocenters. The third-order valence-corrected chi connectivity index (χ3v) is 2.06. The quantitative estimate of drug-likeness (QED) is 0.717. The predicted molar refractivity (Wildman–Crippen MR) is 58.1 cm³/mol. The maximum absolute atomic E-state index is 11.3. The fourth-order valence-corrected chi connectivity index (χ4v) is 1.43. The van der Waals surface area contributed by atoms with Crippen LogP contribution in [0.25, 0.3) is 0 Å². The van der Waals surface area contributed by atoms with Crippen molar-refractivity contribution in [1.82, 2.24) is 4.98 Å². The summed E-state index contributed by atoms with van der Waals surface area (Å²) >= 11 is 0. The molecule has 0 aliphatic carbocycles. The molecule has 0 saturated heterocycles. The van der Waals surface area contributed by atoms with Gasteiger partial charge in [0.05, 0.1) is 5.56 Å². The highest BCUT2D eigenvalue weighted by molar-refractivity contribution is 6.00. The van der Waals surface area contributed by atoms with E-state index in [-0.39, 0.29) is 5.78 Å². The molecule has 0 aliphatic rings. The summed E-state index contributed by atoms with van der Waals surface area (Å²) < 4.78 is 0. The van der Waals surface area contributed by atoms with E-state index >= 15 is 0 Å². The SMILES string of the molecule is CNc1cc(C)c(C(C)=O)c(NC)n1. The van der Waals surface area contributed by atoms with E-state index in [4.69, 9.17) is 0 Å². The molecule has 4 heteroatoms. The van der Waals surface area contributed by atoms with Gasteiger partial charge in [-0.2, -0.15) is 0 Å². The molecule has 0 bridgehead atoms. The first-order valence-electron chi connectivity index (χ1n) is 4.48. The zero-order valence-electron chi connectivity index (χ0n) is 8.93. The molecule has 1 heterocycles. The van der Waals surface area contributed by atoms with Crippen LogP contribution in [-0.4, -0.2) is 24.9 Å². The third kappa shape index (κ3) is 1.84. The molecular weight excluding hydrogens is 178 g/mol. The summed E-state index contributed by atoms with van der Waals surface area (Å²) in [5.41, 5.74) is 1.59. The van der Waals surface area contributed by atoms with Crippen molar-refractivity contribution in [3.05, 3.63) is 17.2 Å². The zero-order valence-corrected chi connectivity index (χ0v) is 8.93. The molecule has 2 N–H and O–H groups in total. The largest absolute Gasteiger partial charge is 0.373 e. The molecule has 76 valence electrons. The van der Waals surface area contributed by atoms with E-state index in [9.17, 15) is 4.79 Å². The number of nitrogens with zero attached hydrogens (tertiary/aromatic N) is 1. The van der Waals surface area contributed by atoms with Crippen molar-refractivity contribution in [3.63, 3.8) is 0 Å². The van der Waals surface area contributed by atoms with Gasteiger partial charge in [0, 0.05) is 14.1 Å². The van der Waals surface area contributed by atoms with Crippen LogP contribution in [-0.2, 0) is 0 Å². The lowest BCUT2D eigenvalue weighted by atomic mass is 10.1. The standard InChI is InChI=1S/C10H15N3O/c1-6-5-8(11-3)13-10(12-4)9(6)7(2)14/h5H,1-4H3,(H2,11,12,13). The number of pyridine rings is 1. The van der Waals surface area contributed by atoms with E-state index in [1.165, 1.54) is 0 Å². The number of anilines is 2. The molecule has 14 heavy (non-hydrogen) atoms. The summed E-state index contributed by atoms with van der Waals surface area (Å²) in [5, 5.41) is 5.87. The van der Waals surface area contributed by atoms with E-state index in [0.717, 1.165) is 11.4 Å². The first-order chi connectivity index (χ1) is 6.60. The Bertz CT molecular complexity index is 361. The number of Topliss-reactive ketones (excluding diaryl/α,β-unsaturated/α-hetero) is 1. The maximum atomic E-state index is 11.3. The van der Waals surface area contributed by atoms with Gasteiger partial charge in [-0.1, -0.05) is 0 Å². The van der Waals surface area contributed by atoms with E-state index in [2.05, 4.69) is 15.6 Å². The normalized spacial score (nSPS) is 9.71. The van der Waals surface area contributed by atoms with Crippen LogP contribution in [0.4, 0.5) is 11.6 Å². The highest BCUT2D eigenvalue weighted by atomic mass is 16.1. The van der Waals surface area contributed by atoms with Crippen molar-refractivity contribution >= 4 is 17.4 Å². The smallest absolute Gasteiger partial charge is 0.163 e. The second-order valence-electron chi connectivity index (χ2n) is 3.10. The van der Waals surface area contributed by atoms with Crippen molar-refractivity contribution in [2.75, 3.05) is 24.7 Å². The number of ketones is 1. The van der Waals surface area contributed by atoms with Crippen LogP contribution in [0.3, 0.4) is 0 Å². The summed E-state index contributed by atoms with van der Waals surface area (Å²) in [6.07, 6.45) is 0. The number of carbonyl (C=O) groups excluding carboxylic acids is 1. The summed E-state index contributed by atoms with van der Waals surface area (Å²) in [4.78, 5) is 15.6. The number of carbonyl (C=O) groups is 1. The predicted octanol–water partition coefficient (Wildman–Crippen LogP) is 1.68. The fraction of sp³-hybridized carbons (Fsp3) is 0.400. The number of hydrogen-bond donors (Lipinski definition) is 2. The van der Waals surface area contributed by atoms with Crippen molar-refractivity contribution in [2.24, 2.45) is 0 Å². The van der Waals surface area contributed by atoms with Gasteiger partial charge in [0.25, 0.3) is 0 Å². The lowest BCUT2D eigenvalue weighted by Crippen LogP contribution is -2.07. The van der Waals surface area contributed by atoms with E-state index in [1.54, 1.807) is 21.0 Å². The molecule has 1 aromatic heterocycles. The van der Waals surface area contributed by atoms with Gasteiger partial charge in [0.15, 0.2) is 5.78 Å². The van der Waals surface area contributed by atoms with Gasteiger partial charge in [-0.25, -0.2) is 4.98 Å². The van der Waals surface area contributed by atoms with Gasteiger partial charge in [-0.15, -0.1) is 0 Å². The van der Waals surface area contributed by atoms with Crippen LogP contribution in [0.2, 0.25) is 0 Å². The molecule has 0 spiro atoms. The van der Waals surface area contributed by atoms with Crippen LogP contribution in [0.1, 0.15) is 22.8 Å². The van der Waals surface area contributed by atoms with Gasteiger partial charge >= 0.3 is 0 Å². The Morgan fingerprint density at radius 3 is 2.43 bits per heavy atom. The molecule has 0 radical (unpaired) electrons. The Morgan fingerprint density at radius 1 is 1.36 bits per heavy atom. The maximum Gasteiger partial charge on any atom is 0.163 e. The molecular formula is C10H15N3O. The Balaban J connectivity index is 3.34. The first-order valence-corrected chi connectivity index (χ1v) is 4.48. The Morgan fingerprint density at radius 2 is 2.00 bits per heavy atom. The number of hydrogen-bond acceptors (Lipinski definition) is 4. The lowest BCUT2D eigenvalue weighted by Gasteiger charge is -2.10. The molecule has 0 fully saturated rings. The van der Waals surface area contributed by atoms with Crippen molar-refractivity contribution < 1.29 is 4.79 Å². The van der Waals surface area contributed by atoms with Crippen LogP contribution in [0, 0.1) is 6.92 Å². The summed E-state index contributed by atoms with van der Waals surface area (Å²) in [7, 11) is 3.56. The average Bonchev–Trinajstić information content (AvgIpc) is 2.15. The minimum absolute atomic E-state index is 0.0296. The average molecular weight is 193 g/mol. The summed E-state index contributed by atoms with van der Waals surface area (Å²) in [6, 6.07) is 1.86. The first kappa shape index (κ1) is 10.5. The van der Waals surface area contributed by atoms with Crippen LogP contribution >= 0.6 is 0 Å². The molecule has 0 aliphatic heterocycles. The second kappa shape index (κ2) is 4.09. The monoisotopic (exact) mass is 193 g/mol. The van der Waals surface area contributed by atoms with Gasteiger partial charge in [-0.3, -0.25) is 4.79 Å². The molecule has 0 amide bonds. The van der Waals surface area contributed by atoms with Gasteiger partial charge in [0.2, 0.25) is 0 Å². The Hall–Kier alpha value is -1.58. The number of rotatable bonds is 3. The number of aromatic nitrogens is 1. The molecule has 1 rings (SSSR count). The number of aryl methyl sites for hydroxylation is 1. The molecule has 0 aromatic carbocycles. The van der Waals surface area contributed by atoms with E-state index < -0.39 is 0 Å². The lowest BCUT2D eigenvalue weighted by molar-refractivity contribution is 0.101. The van der Waals surface area contributed by atoms with Crippen LogP contribution in [0.5, 0.6) is 0 Å². The van der Waals surface area contributed by atoms with Crippen molar-refractivity contribution in [3.8, 4) is 0 Å². The highest BCUT2D eigenvalue weighted by Gasteiger charge is 2.12. The van der Waals surface area contributed by atoms with E-state index in [0.29, 0.717) is 11.4 Å². The fourth-order valence-electron chi connectivity index (χ4n) is 1.43. The minimum atomic E-state index is 0.0296. The molecule has 4 nitrogen and oxygen atoms in total. The molecule has 0 atom stereocenters. The Labute approximate surface area is 83.7 Å². The topological polar surface area (TPSA) is 54.0 Å². The molecule has 1 aromatic rings. The van der Waals surface area contributed by atoms with Crippen molar-refractivity contribution in [2.45, 2.75) is 13.8 Å². The molecule has 0 saturated carbocycles. The third-order valence-electron chi connectivity index (χ3n) is 2.06. The zero-order chi connectivity index (χ0) is 10.7. The van der Waals surface area contributed by atoms with Crippen LogP contribution < -0.4 is 10.6 Å². The highest BCUT2D eigenvalue weighted by Crippen LogP contribution is 2.20. The van der Waals surface area contributed by atoms with Gasteiger partial charge < -0.3 is 10.6 Å². The second-order valence-corrected chi connectivity index (χ2v) is 3.10. The minimum Gasteiger partial charge on any atom is -0.373 e. The van der Waals surface area contributed by atoms with Gasteiger partial charge in [-0.05, 0) is 25.5 Å². The summed E-state index contributed by atoms with van der Waals surface area (Å²) in [5.74, 6) is 1.42. The van der Waals surface area contributed by atoms with Gasteiger partial charge in [0.1, 0.15) is 11.6 Å². The van der Waals surface area contributed by atoms with Crippen molar-refractivity contribution in [1.29, 1.82) is 0 Å². The summed E-state index contributed by atoms with van der Waals surface area (Å²) in [6.45, 7) is 3.45. The van der Waals surface area contributed by atoms with Crippen LogP contribution in [0.15, 0.2) is 6.07 Å². The number of nitrogens with one attached hydrogen (secondary N) is 2.